The van der Waals surface area contributed by atoms with Crippen molar-refractivity contribution in [2.75, 3.05) is 30.9 Å². The fraction of sp³-hybridized carbons (Fsp3) is 0.769. The molecule has 6 nitrogen and oxygen atoms in total. The van der Waals surface area contributed by atoms with Gasteiger partial charge in [-0.3, -0.25) is 9.58 Å². The molecule has 1 aliphatic rings. The molecule has 0 spiro atoms. The second-order valence-electron chi connectivity index (χ2n) is 5.70. The molecule has 0 amide bonds. The van der Waals surface area contributed by atoms with E-state index in [-0.39, 0.29) is 12.1 Å². The lowest BCUT2D eigenvalue weighted by Crippen LogP contribution is -2.50. The molecule has 1 aromatic rings. The lowest BCUT2D eigenvalue weighted by atomic mass is 10.1. The minimum absolute atomic E-state index is 0.0990. The summed E-state index contributed by atoms with van der Waals surface area (Å²) in [5.41, 5.74) is 6.94. The van der Waals surface area contributed by atoms with Gasteiger partial charge in [-0.05, 0) is 13.8 Å². The average molecular weight is 332 g/mol. The first-order chi connectivity index (χ1) is 9.84. The van der Waals surface area contributed by atoms with Crippen molar-refractivity contribution in [3.8, 4) is 0 Å². The predicted octanol–water partition coefficient (Wildman–Crippen LogP) is 0.883. The van der Waals surface area contributed by atoms with Crippen LogP contribution in [0, 0.1) is 0 Å². The number of thioether (sulfide) groups is 1. The molecule has 1 aromatic heterocycles. The Balaban J connectivity index is 2.29. The van der Waals surface area contributed by atoms with Crippen molar-refractivity contribution in [2.24, 2.45) is 5.73 Å². The van der Waals surface area contributed by atoms with E-state index < -0.39 is 15.2 Å². The quantitative estimate of drug-likeness (QED) is 0.862. The van der Waals surface area contributed by atoms with E-state index in [4.69, 9.17) is 5.73 Å². The highest BCUT2D eigenvalue weighted by molar-refractivity contribution is 8.00. The largest absolute Gasteiger partial charge is 0.329 e. The normalized spacial score (nSPS) is 22.6. The minimum atomic E-state index is -3.13. The van der Waals surface area contributed by atoms with E-state index in [9.17, 15) is 8.42 Å². The third-order valence-electron chi connectivity index (χ3n) is 3.78. The van der Waals surface area contributed by atoms with Gasteiger partial charge in [0.25, 0.3) is 0 Å². The lowest BCUT2D eigenvalue weighted by Gasteiger charge is -2.39. The highest BCUT2D eigenvalue weighted by atomic mass is 32.2. The first-order valence-electron chi connectivity index (χ1n) is 7.11. The Bertz CT molecular complexity index is 570. The number of aromatic nitrogens is 2. The molecule has 120 valence electrons. The first-order valence-corrected chi connectivity index (χ1v) is 10.2. The van der Waals surface area contributed by atoms with Gasteiger partial charge in [-0.1, -0.05) is 0 Å². The van der Waals surface area contributed by atoms with Crippen LogP contribution >= 0.6 is 11.8 Å². The molecule has 0 bridgehead atoms. The summed E-state index contributed by atoms with van der Waals surface area (Å²) < 4.78 is 26.0. The van der Waals surface area contributed by atoms with Crippen LogP contribution in [0.1, 0.15) is 31.5 Å². The van der Waals surface area contributed by atoms with E-state index >= 15 is 0 Å². The van der Waals surface area contributed by atoms with Gasteiger partial charge < -0.3 is 5.73 Å². The monoisotopic (exact) mass is 332 g/mol. The Morgan fingerprint density at radius 2 is 2.24 bits per heavy atom. The summed E-state index contributed by atoms with van der Waals surface area (Å²) in [6.07, 6.45) is 5.09. The average Bonchev–Trinajstić information content (AvgIpc) is 2.89. The fourth-order valence-corrected chi connectivity index (χ4v) is 5.51. The summed E-state index contributed by atoms with van der Waals surface area (Å²) in [6, 6.07) is 0.179. The van der Waals surface area contributed by atoms with Gasteiger partial charge in [0, 0.05) is 48.7 Å². The number of rotatable bonds is 5. The molecule has 2 rings (SSSR count). The van der Waals surface area contributed by atoms with Gasteiger partial charge in [0.2, 0.25) is 0 Å². The molecule has 0 radical (unpaired) electrons. The van der Waals surface area contributed by atoms with Crippen LogP contribution in [0.4, 0.5) is 0 Å². The molecule has 21 heavy (non-hydrogen) atoms. The van der Waals surface area contributed by atoms with E-state index in [0.29, 0.717) is 12.3 Å². The molecule has 2 unspecified atom stereocenters. The lowest BCUT2D eigenvalue weighted by molar-refractivity contribution is 0.198. The summed E-state index contributed by atoms with van der Waals surface area (Å²) in [5, 5.41) is 3.88. The van der Waals surface area contributed by atoms with E-state index in [1.807, 2.05) is 15.8 Å². The van der Waals surface area contributed by atoms with Gasteiger partial charge in [-0.2, -0.15) is 16.9 Å². The highest BCUT2D eigenvalue weighted by Gasteiger charge is 2.36. The third-order valence-corrected chi connectivity index (χ3v) is 6.44. The van der Waals surface area contributed by atoms with Crippen LogP contribution in [0.5, 0.6) is 0 Å². The van der Waals surface area contributed by atoms with Crippen molar-refractivity contribution in [2.45, 2.75) is 31.3 Å². The molecule has 2 atom stereocenters. The molecular formula is C13H24N4O2S2. The topological polar surface area (TPSA) is 81.2 Å². The number of hydrogen-bond donors (Lipinski definition) is 1. The van der Waals surface area contributed by atoms with Crippen molar-refractivity contribution in [3.05, 3.63) is 18.0 Å². The Labute approximate surface area is 131 Å². The summed E-state index contributed by atoms with van der Waals surface area (Å²) in [6.45, 7) is 5.24. The number of nitrogens with zero attached hydrogens (tertiary/aromatic N) is 3. The summed E-state index contributed by atoms with van der Waals surface area (Å²) >= 11 is 1.68. The highest BCUT2D eigenvalue weighted by Crippen LogP contribution is 2.29. The standard InChI is InChI=1S/C13H24N4O2S2/c1-10(2)17-8-11(7-15-17)12(6-14)16-4-5-20-9-13(16)21(3,18)19/h7-8,10,12-13H,4-6,9,14H2,1-3H3. The van der Waals surface area contributed by atoms with Crippen molar-refractivity contribution >= 4 is 21.6 Å². The maximum Gasteiger partial charge on any atom is 0.164 e. The first kappa shape index (κ1) is 16.8. The number of nitrogens with two attached hydrogens (primary N) is 1. The van der Waals surface area contributed by atoms with E-state index in [1.165, 1.54) is 6.26 Å². The van der Waals surface area contributed by atoms with Gasteiger partial charge in [-0.25, -0.2) is 8.42 Å². The zero-order valence-corrected chi connectivity index (χ0v) is 14.4. The van der Waals surface area contributed by atoms with Crippen LogP contribution in [-0.2, 0) is 9.84 Å². The Kier molecular flexibility index (Phi) is 5.34. The maximum absolute atomic E-state index is 12.0. The van der Waals surface area contributed by atoms with E-state index in [0.717, 1.165) is 17.9 Å². The molecule has 1 saturated heterocycles. The van der Waals surface area contributed by atoms with E-state index in [1.54, 1.807) is 18.0 Å². The Morgan fingerprint density at radius 3 is 2.76 bits per heavy atom. The molecule has 0 aromatic carbocycles. The summed E-state index contributed by atoms with van der Waals surface area (Å²) in [4.78, 5) is 2.02. The van der Waals surface area contributed by atoms with Crippen molar-refractivity contribution in [1.82, 2.24) is 14.7 Å². The van der Waals surface area contributed by atoms with Gasteiger partial charge in [0.15, 0.2) is 9.84 Å². The van der Waals surface area contributed by atoms with Gasteiger partial charge in [0.1, 0.15) is 5.37 Å². The summed E-state index contributed by atoms with van der Waals surface area (Å²) in [7, 11) is -3.13. The SMILES string of the molecule is CC(C)n1cc(C(CN)N2CCSCC2S(C)(=O)=O)cn1. The second kappa shape index (κ2) is 6.68. The zero-order valence-electron chi connectivity index (χ0n) is 12.8. The summed E-state index contributed by atoms with van der Waals surface area (Å²) in [5.74, 6) is 1.54. The van der Waals surface area contributed by atoms with Crippen LogP contribution in [-0.4, -0.2) is 59.3 Å². The number of sulfone groups is 1. The molecule has 0 saturated carbocycles. The van der Waals surface area contributed by atoms with Crippen molar-refractivity contribution < 1.29 is 8.42 Å². The molecule has 2 N–H and O–H groups in total. The van der Waals surface area contributed by atoms with E-state index in [2.05, 4.69) is 18.9 Å². The zero-order chi connectivity index (χ0) is 15.6. The molecule has 8 heteroatoms. The molecule has 0 aliphatic carbocycles. The Hall–Kier alpha value is -0.570. The van der Waals surface area contributed by atoms with Gasteiger partial charge in [-0.15, -0.1) is 0 Å². The molecule has 1 fully saturated rings. The second-order valence-corrected chi connectivity index (χ2v) is 9.05. The maximum atomic E-state index is 12.0. The molecular weight excluding hydrogens is 308 g/mol. The minimum Gasteiger partial charge on any atom is -0.329 e. The van der Waals surface area contributed by atoms with Crippen LogP contribution in [0.15, 0.2) is 12.4 Å². The van der Waals surface area contributed by atoms with Gasteiger partial charge >= 0.3 is 0 Å². The van der Waals surface area contributed by atoms with Crippen LogP contribution in [0.2, 0.25) is 0 Å². The number of hydrogen-bond acceptors (Lipinski definition) is 6. The Morgan fingerprint density at radius 1 is 1.52 bits per heavy atom. The smallest absolute Gasteiger partial charge is 0.164 e. The van der Waals surface area contributed by atoms with Crippen LogP contribution < -0.4 is 5.73 Å². The van der Waals surface area contributed by atoms with Crippen molar-refractivity contribution in [3.63, 3.8) is 0 Å². The van der Waals surface area contributed by atoms with Crippen LogP contribution in [0.25, 0.3) is 0 Å². The van der Waals surface area contributed by atoms with Gasteiger partial charge in [0.05, 0.1) is 12.2 Å². The van der Waals surface area contributed by atoms with Crippen molar-refractivity contribution in [1.29, 1.82) is 0 Å². The third kappa shape index (κ3) is 3.80. The molecule has 1 aliphatic heterocycles. The fourth-order valence-electron chi connectivity index (χ4n) is 2.59. The molecule has 2 heterocycles. The van der Waals surface area contributed by atoms with Crippen LogP contribution in [0.3, 0.4) is 0 Å². The predicted molar refractivity (Wildman–Crippen MR) is 87.1 cm³/mol.